The van der Waals surface area contributed by atoms with E-state index in [1.165, 1.54) is 11.3 Å². The molecular weight excluding hydrogens is 272 g/mol. The first kappa shape index (κ1) is 14.7. The Morgan fingerprint density at radius 1 is 1.55 bits per heavy atom. The molecule has 5 nitrogen and oxygen atoms in total. The summed E-state index contributed by atoms with van der Waals surface area (Å²) in [5, 5.41) is 3.84. The summed E-state index contributed by atoms with van der Waals surface area (Å²) in [6.45, 7) is 2.94. The van der Waals surface area contributed by atoms with Crippen molar-refractivity contribution in [3.63, 3.8) is 0 Å². The molecule has 0 aliphatic carbocycles. The number of carbonyl (C=O) groups is 1. The van der Waals surface area contributed by atoms with E-state index >= 15 is 0 Å². The van der Waals surface area contributed by atoms with E-state index < -0.39 is 0 Å². The summed E-state index contributed by atoms with van der Waals surface area (Å²) in [4.78, 5) is 20.0. The molecule has 0 aliphatic heterocycles. The summed E-state index contributed by atoms with van der Waals surface area (Å²) in [5.74, 6) is -0.114. The van der Waals surface area contributed by atoms with Gasteiger partial charge in [0.05, 0.1) is 5.69 Å². The summed E-state index contributed by atoms with van der Waals surface area (Å²) in [6, 6.07) is 3.83. The van der Waals surface area contributed by atoms with Crippen LogP contribution in [0.2, 0.25) is 0 Å². The molecule has 108 valence electrons. The van der Waals surface area contributed by atoms with Crippen molar-refractivity contribution in [3.8, 4) is 0 Å². The normalized spacial score (nSPS) is 12.8. The van der Waals surface area contributed by atoms with Crippen LogP contribution in [-0.4, -0.2) is 42.5 Å². The van der Waals surface area contributed by atoms with Gasteiger partial charge in [0.15, 0.2) is 0 Å². The van der Waals surface area contributed by atoms with Gasteiger partial charge in [0.2, 0.25) is 0 Å². The minimum Gasteiger partial charge on any atom is -0.397 e. The number of amides is 1. The zero-order valence-corrected chi connectivity index (χ0v) is 12.8. The molecule has 3 N–H and O–H groups in total. The Hall–Kier alpha value is -1.66. The third-order valence-electron chi connectivity index (χ3n) is 3.10. The van der Waals surface area contributed by atoms with Crippen LogP contribution in [0.5, 0.6) is 0 Å². The lowest BCUT2D eigenvalue weighted by molar-refractivity contribution is 0.0942. The van der Waals surface area contributed by atoms with E-state index in [1.54, 1.807) is 6.20 Å². The van der Waals surface area contributed by atoms with Crippen molar-refractivity contribution >= 4 is 33.1 Å². The van der Waals surface area contributed by atoms with Gasteiger partial charge in [-0.1, -0.05) is 0 Å². The smallest absolute Gasteiger partial charge is 0.263 e. The van der Waals surface area contributed by atoms with Crippen LogP contribution < -0.4 is 11.1 Å². The van der Waals surface area contributed by atoms with Crippen LogP contribution in [0.4, 0.5) is 5.69 Å². The Morgan fingerprint density at radius 2 is 2.30 bits per heavy atom. The van der Waals surface area contributed by atoms with Gasteiger partial charge in [-0.15, -0.1) is 11.3 Å². The van der Waals surface area contributed by atoms with E-state index in [2.05, 4.69) is 15.2 Å². The molecule has 2 aromatic heterocycles. The predicted octanol–water partition coefficient (Wildman–Crippen LogP) is 1.95. The maximum Gasteiger partial charge on any atom is 0.263 e. The van der Waals surface area contributed by atoms with Crippen LogP contribution in [0, 0.1) is 0 Å². The first-order valence-corrected chi connectivity index (χ1v) is 7.39. The number of hydrogen-bond donors (Lipinski definition) is 2. The summed E-state index contributed by atoms with van der Waals surface area (Å²) in [5.41, 5.74) is 6.56. The van der Waals surface area contributed by atoms with Crippen LogP contribution in [-0.2, 0) is 0 Å². The van der Waals surface area contributed by atoms with E-state index in [4.69, 9.17) is 5.73 Å². The number of fused-ring (bicyclic) bond motifs is 1. The molecule has 1 amide bonds. The van der Waals surface area contributed by atoms with Crippen molar-refractivity contribution in [1.29, 1.82) is 0 Å². The third kappa shape index (κ3) is 3.26. The summed E-state index contributed by atoms with van der Waals surface area (Å²) in [7, 11) is 4.04. The Kier molecular flexibility index (Phi) is 4.57. The molecular formula is C14H20N4OS. The molecule has 1 atom stereocenters. The highest BCUT2D eigenvalue weighted by Gasteiger charge is 2.18. The van der Waals surface area contributed by atoms with Crippen LogP contribution in [0.1, 0.15) is 23.0 Å². The third-order valence-corrected chi connectivity index (χ3v) is 4.23. The van der Waals surface area contributed by atoms with Crippen LogP contribution >= 0.6 is 11.3 Å². The van der Waals surface area contributed by atoms with Gasteiger partial charge in [0.25, 0.3) is 5.91 Å². The highest BCUT2D eigenvalue weighted by Crippen LogP contribution is 2.31. The van der Waals surface area contributed by atoms with Crippen molar-refractivity contribution < 1.29 is 4.79 Å². The molecule has 0 radical (unpaired) electrons. The maximum atomic E-state index is 12.3. The molecule has 0 bridgehead atoms. The molecule has 2 heterocycles. The number of thiophene rings is 1. The predicted molar refractivity (Wildman–Crippen MR) is 84.1 cm³/mol. The molecule has 1 unspecified atom stereocenters. The van der Waals surface area contributed by atoms with E-state index in [-0.39, 0.29) is 11.9 Å². The molecule has 0 saturated carbocycles. The average molecular weight is 292 g/mol. The maximum absolute atomic E-state index is 12.3. The zero-order chi connectivity index (χ0) is 14.7. The number of nitrogens with zero attached hydrogens (tertiary/aromatic N) is 2. The lowest BCUT2D eigenvalue weighted by Crippen LogP contribution is -2.34. The standard InChI is InChI=1S/C14H20N4OS/c1-9(6-8-18(2)3)17-13(19)12-11(15)10-5-4-7-16-14(10)20-12/h4-5,7,9H,6,8,15H2,1-3H3,(H,17,19). The average Bonchev–Trinajstić information content (AvgIpc) is 2.74. The number of hydrogen-bond acceptors (Lipinski definition) is 5. The number of nitrogen functional groups attached to an aromatic ring is 1. The van der Waals surface area contributed by atoms with Crippen molar-refractivity contribution in [2.45, 2.75) is 19.4 Å². The number of carbonyl (C=O) groups excluding carboxylic acids is 1. The quantitative estimate of drug-likeness (QED) is 0.883. The van der Waals surface area contributed by atoms with Gasteiger partial charge in [0.1, 0.15) is 9.71 Å². The number of nitrogens with one attached hydrogen (secondary N) is 1. The van der Waals surface area contributed by atoms with E-state index in [9.17, 15) is 4.79 Å². The Morgan fingerprint density at radius 3 is 2.95 bits per heavy atom. The molecule has 20 heavy (non-hydrogen) atoms. The first-order chi connectivity index (χ1) is 9.49. The lowest BCUT2D eigenvalue weighted by atomic mass is 10.2. The minimum absolute atomic E-state index is 0.113. The van der Waals surface area contributed by atoms with Crippen molar-refractivity contribution in [3.05, 3.63) is 23.2 Å². The fourth-order valence-electron chi connectivity index (χ4n) is 1.93. The fourth-order valence-corrected chi connectivity index (χ4v) is 2.90. The Balaban J connectivity index is 2.09. The van der Waals surface area contributed by atoms with E-state index in [0.29, 0.717) is 10.6 Å². The summed E-state index contributed by atoms with van der Waals surface area (Å²) in [6.07, 6.45) is 2.61. The van der Waals surface area contributed by atoms with Gasteiger partial charge < -0.3 is 16.0 Å². The number of aromatic nitrogens is 1. The zero-order valence-electron chi connectivity index (χ0n) is 12.0. The topological polar surface area (TPSA) is 71.2 Å². The van der Waals surface area contributed by atoms with Gasteiger partial charge >= 0.3 is 0 Å². The second kappa shape index (κ2) is 6.19. The first-order valence-electron chi connectivity index (χ1n) is 6.57. The largest absolute Gasteiger partial charge is 0.397 e. The van der Waals surface area contributed by atoms with Crippen molar-refractivity contribution in [2.75, 3.05) is 26.4 Å². The van der Waals surface area contributed by atoms with E-state index in [0.717, 1.165) is 23.2 Å². The molecule has 2 aromatic rings. The summed E-state index contributed by atoms with van der Waals surface area (Å²) >= 11 is 1.34. The van der Waals surface area contributed by atoms with E-state index in [1.807, 2.05) is 33.2 Å². The van der Waals surface area contributed by atoms with Crippen molar-refractivity contribution in [1.82, 2.24) is 15.2 Å². The number of rotatable bonds is 5. The van der Waals surface area contributed by atoms with Crippen molar-refractivity contribution in [2.24, 2.45) is 0 Å². The number of nitrogens with two attached hydrogens (primary N) is 1. The number of pyridine rings is 1. The van der Waals surface area contributed by atoms with Crippen LogP contribution in [0.15, 0.2) is 18.3 Å². The minimum atomic E-state index is -0.114. The van der Waals surface area contributed by atoms with Gasteiger partial charge in [-0.3, -0.25) is 4.79 Å². The number of anilines is 1. The molecule has 0 aromatic carbocycles. The second-order valence-electron chi connectivity index (χ2n) is 5.17. The SMILES string of the molecule is CC(CCN(C)C)NC(=O)c1sc2ncccc2c1N. The lowest BCUT2D eigenvalue weighted by Gasteiger charge is -2.16. The van der Waals surface area contributed by atoms with Gasteiger partial charge in [0, 0.05) is 17.6 Å². The molecule has 0 aliphatic rings. The molecule has 2 rings (SSSR count). The van der Waals surface area contributed by atoms with Gasteiger partial charge in [-0.25, -0.2) is 4.98 Å². The van der Waals surface area contributed by atoms with Crippen LogP contribution in [0.3, 0.4) is 0 Å². The fraction of sp³-hybridized carbons (Fsp3) is 0.429. The van der Waals surface area contributed by atoms with Gasteiger partial charge in [-0.05, 0) is 46.1 Å². The summed E-state index contributed by atoms with van der Waals surface area (Å²) < 4.78 is 0. The Bertz CT molecular complexity index is 608. The monoisotopic (exact) mass is 292 g/mol. The highest BCUT2D eigenvalue weighted by molar-refractivity contribution is 7.21. The molecule has 6 heteroatoms. The highest BCUT2D eigenvalue weighted by atomic mass is 32.1. The van der Waals surface area contributed by atoms with Gasteiger partial charge in [-0.2, -0.15) is 0 Å². The van der Waals surface area contributed by atoms with Crippen LogP contribution in [0.25, 0.3) is 10.2 Å². The molecule has 0 spiro atoms. The second-order valence-corrected chi connectivity index (χ2v) is 6.17. The molecule has 0 saturated heterocycles. The Labute approximate surface area is 122 Å². The molecule has 0 fully saturated rings.